The van der Waals surface area contributed by atoms with Crippen LogP contribution in [-0.2, 0) is 9.53 Å². The summed E-state index contributed by atoms with van der Waals surface area (Å²) in [4.78, 5) is 11.2. The molecule has 1 N–H and O–H groups in total. The second-order valence-electron chi connectivity index (χ2n) is 4.46. The Morgan fingerprint density at radius 1 is 1.38 bits per heavy atom. The average molecular weight is 304 g/mol. The van der Waals surface area contributed by atoms with Gasteiger partial charge in [0.05, 0.1) is 0 Å². The zero-order valence-electron chi connectivity index (χ0n) is 11.8. The predicted molar refractivity (Wildman–Crippen MR) is 82.7 cm³/mol. The average Bonchev–Trinajstić information content (AvgIpc) is 2.97. The predicted octanol–water partition coefficient (Wildman–Crippen LogP) is 3.56. The number of carbonyl (C=O) groups is 1. The molecule has 2 rings (SSSR count). The van der Waals surface area contributed by atoms with Crippen molar-refractivity contribution in [1.82, 2.24) is 0 Å². The summed E-state index contributed by atoms with van der Waals surface area (Å²) in [6.45, 7) is 2.07. The maximum Gasteiger partial charge on any atom is 0.328 e. The van der Waals surface area contributed by atoms with Crippen LogP contribution in [0.15, 0.2) is 41.1 Å². The van der Waals surface area contributed by atoms with Gasteiger partial charge in [0.1, 0.15) is 5.75 Å². The molecular weight excluding hydrogens is 288 g/mol. The van der Waals surface area contributed by atoms with Crippen molar-refractivity contribution in [3.8, 4) is 5.75 Å². The van der Waals surface area contributed by atoms with E-state index in [4.69, 9.17) is 14.6 Å². The molecule has 5 heteroatoms. The van der Waals surface area contributed by atoms with E-state index >= 15 is 0 Å². The lowest BCUT2D eigenvalue weighted by molar-refractivity contribution is -0.131. The summed E-state index contributed by atoms with van der Waals surface area (Å²) in [5.74, 6) is -0.392. The third kappa shape index (κ3) is 3.93. The minimum Gasteiger partial charge on any atom is -0.478 e. The lowest BCUT2D eigenvalue weighted by Crippen LogP contribution is -2.03. The molecule has 0 amide bonds. The van der Waals surface area contributed by atoms with Crippen molar-refractivity contribution < 1.29 is 19.4 Å². The summed E-state index contributed by atoms with van der Waals surface area (Å²) in [5, 5.41) is 13.0. The van der Waals surface area contributed by atoms with Gasteiger partial charge in [-0.3, -0.25) is 0 Å². The molecule has 2 aromatic rings. The molecule has 0 aliphatic heterocycles. The van der Waals surface area contributed by atoms with Gasteiger partial charge >= 0.3 is 5.97 Å². The number of methoxy groups -OCH3 is 1. The van der Waals surface area contributed by atoms with Crippen LogP contribution in [0.1, 0.15) is 16.7 Å². The third-order valence-corrected chi connectivity index (χ3v) is 3.54. The number of rotatable bonds is 6. The fourth-order valence-electron chi connectivity index (χ4n) is 1.96. The van der Waals surface area contributed by atoms with Gasteiger partial charge in [0, 0.05) is 24.3 Å². The maximum absolute atomic E-state index is 11.2. The molecular formula is C16H16O4S. The Morgan fingerprint density at radius 3 is 2.81 bits per heavy atom. The normalized spacial score (nSPS) is 11.4. The standard InChI is InChI=1S/C16H16O4S/c1-11-3-4-15(20-10-19-2)14(7-11)13(8-16(17)18)12-5-6-21-9-12/h3-9H,10H2,1-2H3,(H,17,18). The highest BCUT2D eigenvalue weighted by Gasteiger charge is 2.14. The number of aryl methyl sites for hydroxylation is 1. The molecule has 0 aliphatic rings. The molecule has 21 heavy (non-hydrogen) atoms. The topological polar surface area (TPSA) is 55.8 Å². The van der Waals surface area contributed by atoms with Crippen molar-refractivity contribution in [1.29, 1.82) is 0 Å². The monoisotopic (exact) mass is 304 g/mol. The van der Waals surface area contributed by atoms with Gasteiger partial charge in [-0.25, -0.2) is 4.79 Å². The number of benzene rings is 1. The van der Waals surface area contributed by atoms with Crippen LogP contribution in [0.3, 0.4) is 0 Å². The number of ether oxygens (including phenoxy) is 2. The van der Waals surface area contributed by atoms with Gasteiger partial charge in [0.2, 0.25) is 0 Å². The zero-order chi connectivity index (χ0) is 15.2. The van der Waals surface area contributed by atoms with E-state index in [-0.39, 0.29) is 6.79 Å². The number of carboxylic acid groups (broad SMARTS) is 1. The van der Waals surface area contributed by atoms with Crippen LogP contribution in [0.2, 0.25) is 0 Å². The van der Waals surface area contributed by atoms with E-state index in [2.05, 4.69) is 0 Å². The summed E-state index contributed by atoms with van der Waals surface area (Å²) in [6, 6.07) is 7.55. The first-order valence-corrected chi connectivity index (χ1v) is 7.26. The molecule has 0 fully saturated rings. The number of aliphatic carboxylic acids is 1. The molecule has 1 heterocycles. The third-order valence-electron chi connectivity index (χ3n) is 2.86. The minimum absolute atomic E-state index is 0.111. The first-order valence-electron chi connectivity index (χ1n) is 6.31. The van der Waals surface area contributed by atoms with Gasteiger partial charge in [0.15, 0.2) is 6.79 Å². The van der Waals surface area contributed by atoms with Crippen LogP contribution in [0.5, 0.6) is 5.75 Å². The summed E-state index contributed by atoms with van der Waals surface area (Å²) >= 11 is 1.52. The second kappa shape index (κ2) is 7.06. The SMILES string of the molecule is COCOc1ccc(C)cc1C(=CC(=O)O)c1ccsc1. The number of thiophene rings is 1. The zero-order valence-corrected chi connectivity index (χ0v) is 12.6. The van der Waals surface area contributed by atoms with Crippen LogP contribution in [0, 0.1) is 6.92 Å². The molecule has 0 bridgehead atoms. The van der Waals surface area contributed by atoms with Crippen LogP contribution in [0.25, 0.3) is 5.57 Å². The fraction of sp³-hybridized carbons (Fsp3) is 0.188. The highest BCUT2D eigenvalue weighted by Crippen LogP contribution is 2.33. The van der Waals surface area contributed by atoms with E-state index in [1.54, 1.807) is 7.11 Å². The van der Waals surface area contributed by atoms with Crippen LogP contribution in [0.4, 0.5) is 0 Å². The largest absolute Gasteiger partial charge is 0.478 e. The summed E-state index contributed by atoms with van der Waals surface area (Å²) < 4.78 is 10.5. The molecule has 0 spiro atoms. The maximum atomic E-state index is 11.2. The second-order valence-corrected chi connectivity index (χ2v) is 5.24. The molecule has 0 aliphatic carbocycles. The summed E-state index contributed by atoms with van der Waals surface area (Å²) in [7, 11) is 1.54. The van der Waals surface area contributed by atoms with E-state index in [1.807, 2.05) is 41.9 Å². The number of hydrogen-bond acceptors (Lipinski definition) is 4. The van der Waals surface area contributed by atoms with E-state index in [9.17, 15) is 4.79 Å². The van der Waals surface area contributed by atoms with Gasteiger partial charge in [-0.2, -0.15) is 11.3 Å². The number of hydrogen-bond donors (Lipinski definition) is 1. The summed E-state index contributed by atoms with van der Waals surface area (Å²) in [6.07, 6.45) is 1.20. The van der Waals surface area contributed by atoms with Crippen molar-refractivity contribution in [2.24, 2.45) is 0 Å². The molecule has 0 saturated heterocycles. The van der Waals surface area contributed by atoms with Gasteiger partial charge < -0.3 is 14.6 Å². The molecule has 1 aromatic heterocycles. The van der Waals surface area contributed by atoms with E-state index in [1.165, 1.54) is 17.4 Å². The Balaban J connectivity index is 2.54. The highest BCUT2D eigenvalue weighted by atomic mass is 32.1. The molecule has 1 aromatic carbocycles. The Morgan fingerprint density at radius 2 is 2.19 bits per heavy atom. The van der Waals surface area contributed by atoms with E-state index in [0.717, 1.165) is 16.7 Å². The molecule has 0 atom stereocenters. The Hall–Kier alpha value is -2.11. The van der Waals surface area contributed by atoms with Gasteiger partial charge in [-0.15, -0.1) is 0 Å². The van der Waals surface area contributed by atoms with Gasteiger partial charge in [-0.05, 0) is 41.4 Å². The first-order chi connectivity index (χ1) is 10.1. The molecule has 4 nitrogen and oxygen atoms in total. The smallest absolute Gasteiger partial charge is 0.328 e. The molecule has 0 radical (unpaired) electrons. The highest BCUT2D eigenvalue weighted by molar-refractivity contribution is 7.08. The number of carboxylic acids is 1. The van der Waals surface area contributed by atoms with Gasteiger partial charge in [0.25, 0.3) is 0 Å². The lowest BCUT2D eigenvalue weighted by atomic mass is 9.97. The Labute approximate surface area is 127 Å². The first kappa shape index (κ1) is 15.3. The van der Waals surface area contributed by atoms with Crippen molar-refractivity contribution in [3.05, 3.63) is 57.8 Å². The lowest BCUT2D eigenvalue weighted by Gasteiger charge is -2.14. The van der Waals surface area contributed by atoms with E-state index < -0.39 is 5.97 Å². The molecule has 110 valence electrons. The van der Waals surface area contributed by atoms with Crippen molar-refractivity contribution in [2.75, 3.05) is 13.9 Å². The van der Waals surface area contributed by atoms with Crippen molar-refractivity contribution in [2.45, 2.75) is 6.92 Å². The van der Waals surface area contributed by atoms with Crippen LogP contribution < -0.4 is 4.74 Å². The van der Waals surface area contributed by atoms with Gasteiger partial charge in [-0.1, -0.05) is 11.6 Å². The Bertz CT molecular complexity index is 644. The molecule has 0 saturated carbocycles. The van der Waals surface area contributed by atoms with Crippen LogP contribution >= 0.6 is 11.3 Å². The summed E-state index contributed by atoms with van der Waals surface area (Å²) in [5.41, 5.74) is 3.25. The van der Waals surface area contributed by atoms with Crippen LogP contribution in [-0.4, -0.2) is 25.0 Å². The van der Waals surface area contributed by atoms with Crippen molar-refractivity contribution >= 4 is 22.9 Å². The molecule has 0 unspecified atom stereocenters. The fourth-order valence-corrected chi connectivity index (χ4v) is 2.62. The van der Waals surface area contributed by atoms with E-state index in [0.29, 0.717) is 11.3 Å². The minimum atomic E-state index is -0.990. The Kier molecular flexibility index (Phi) is 5.14. The van der Waals surface area contributed by atoms with Crippen molar-refractivity contribution in [3.63, 3.8) is 0 Å². The quantitative estimate of drug-likeness (QED) is 0.655.